The molecule has 0 radical (unpaired) electrons. The van der Waals surface area contributed by atoms with Crippen LogP contribution in [-0.4, -0.2) is 17.9 Å². The number of nitrogens with one attached hydrogen (secondary N) is 2. The largest absolute Gasteiger partial charge is 0.478 e. The Morgan fingerprint density at radius 1 is 1.08 bits per heavy atom. The van der Waals surface area contributed by atoms with Crippen molar-refractivity contribution in [3.8, 4) is 5.75 Å². The lowest BCUT2D eigenvalue weighted by Crippen LogP contribution is -2.47. The van der Waals surface area contributed by atoms with Crippen LogP contribution in [0.1, 0.15) is 17.3 Å². The highest BCUT2D eigenvalue weighted by Gasteiger charge is 2.18. The Kier molecular flexibility index (Phi) is 5.86. The number of hydrogen-bond donors (Lipinski definition) is 2. The first-order valence-electron chi connectivity index (χ1n) is 6.85. The van der Waals surface area contributed by atoms with Gasteiger partial charge in [0.05, 0.1) is 5.56 Å². The van der Waals surface area contributed by atoms with E-state index in [1.54, 1.807) is 6.07 Å². The molecule has 24 heavy (non-hydrogen) atoms. The van der Waals surface area contributed by atoms with Gasteiger partial charge < -0.3 is 4.74 Å². The minimum absolute atomic E-state index is 0.0930. The van der Waals surface area contributed by atoms with Gasteiger partial charge in [-0.25, -0.2) is 8.78 Å². The minimum Gasteiger partial charge on any atom is -0.478 e. The van der Waals surface area contributed by atoms with Gasteiger partial charge in [0.15, 0.2) is 17.7 Å². The van der Waals surface area contributed by atoms with Gasteiger partial charge in [0.1, 0.15) is 5.82 Å². The van der Waals surface area contributed by atoms with Gasteiger partial charge in [0, 0.05) is 4.47 Å². The van der Waals surface area contributed by atoms with Crippen LogP contribution in [0, 0.1) is 11.6 Å². The number of amides is 2. The molecule has 0 saturated heterocycles. The van der Waals surface area contributed by atoms with Crippen molar-refractivity contribution in [2.45, 2.75) is 13.0 Å². The lowest BCUT2D eigenvalue weighted by Gasteiger charge is -2.15. The second-order valence-corrected chi connectivity index (χ2v) is 5.67. The first-order valence-corrected chi connectivity index (χ1v) is 7.64. The lowest BCUT2D eigenvalue weighted by molar-refractivity contribution is -0.128. The molecule has 0 aromatic heterocycles. The Balaban J connectivity index is 1.93. The molecule has 8 heteroatoms. The molecule has 2 N–H and O–H groups in total. The third-order valence-electron chi connectivity index (χ3n) is 2.98. The van der Waals surface area contributed by atoms with E-state index in [2.05, 4.69) is 26.8 Å². The predicted octanol–water partition coefficient (Wildman–Crippen LogP) is 2.96. The number of rotatable bonds is 4. The molecule has 2 aromatic carbocycles. The van der Waals surface area contributed by atoms with E-state index in [-0.39, 0.29) is 11.3 Å². The van der Waals surface area contributed by atoms with Gasteiger partial charge in [-0.2, -0.15) is 0 Å². The Bertz CT molecular complexity index is 771. The number of halogens is 3. The summed E-state index contributed by atoms with van der Waals surface area (Å²) in [5.41, 5.74) is 3.93. The molecular weight excluding hydrogens is 386 g/mol. The number of para-hydroxylation sites is 1. The molecule has 0 aliphatic carbocycles. The van der Waals surface area contributed by atoms with Crippen LogP contribution in [0.3, 0.4) is 0 Å². The molecule has 2 rings (SSSR count). The summed E-state index contributed by atoms with van der Waals surface area (Å²) in [5, 5.41) is 0. The average molecular weight is 399 g/mol. The monoisotopic (exact) mass is 398 g/mol. The summed E-state index contributed by atoms with van der Waals surface area (Å²) in [4.78, 5) is 23.7. The molecular formula is C16H13BrF2N2O3. The highest BCUT2D eigenvalue weighted by Crippen LogP contribution is 2.17. The summed E-state index contributed by atoms with van der Waals surface area (Å²) < 4.78 is 32.7. The van der Waals surface area contributed by atoms with Crippen LogP contribution in [0.2, 0.25) is 0 Å². The van der Waals surface area contributed by atoms with Crippen LogP contribution >= 0.6 is 15.9 Å². The number of hydrazine groups is 1. The van der Waals surface area contributed by atoms with Crippen LogP contribution in [0.5, 0.6) is 5.75 Å². The van der Waals surface area contributed by atoms with Crippen molar-refractivity contribution in [3.05, 3.63) is 64.1 Å². The third kappa shape index (κ3) is 4.51. The molecule has 0 fully saturated rings. The standard InChI is InChI=1S/C16H13BrF2N2O3/c1-9(24-14-5-3-2-4-13(14)19)15(22)20-21-16(23)11-8-10(17)6-7-12(11)18/h2-9H,1H3,(H,20,22)(H,21,23). The zero-order valence-electron chi connectivity index (χ0n) is 12.5. The van der Waals surface area contributed by atoms with Crippen molar-refractivity contribution in [2.24, 2.45) is 0 Å². The summed E-state index contributed by atoms with van der Waals surface area (Å²) in [6.07, 6.45) is -1.07. The van der Waals surface area contributed by atoms with Crippen molar-refractivity contribution in [1.82, 2.24) is 10.9 Å². The van der Waals surface area contributed by atoms with Crippen LogP contribution < -0.4 is 15.6 Å². The third-order valence-corrected chi connectivity index (χ3v) is 3.48. The van der Waals surface area contributed by atoms with E-state index in [9.17, 15) is 18.4 Å². The van der Waals surface area contributed by atoms with Crippen molar-refractivity contribution < 1.29 is 23.1 Å². The van der Waals surface area contributed by atoms with Gasteiger partial charge in [-0.15, -0.1) is 0 Å². The van der Waals surface area contributed by atoms with Crippen LogP contribution in [0.4, 0.5) is 8.78 Å². The molecule has 0 saturated carbocycles. The van der Waals surface area contributed by atoms with Gasteiger partial charge in [0.2, 0.25) is 0 Å². The fourth-order valence-corrected chi connectivity index (χ4v) is 2.10. The SMILES string of the molecule is CC(Oc1ccccc1F)C(=O)NNC(=O)c1cc(Br)ccc1F. The van der Waals surface area contributed by atoms with Crippen LogP contribution in [0.15, 0.2) is 46.9 Å². The molecule has 0 bridgehead atoms. The first kappa shape index (κ1) is 17.9. The fraction of sp³-hybridized carbons (Fsp3) is 0.125. The highest BCUT2D eigenvalue weighted by molar-refractivity contribution is 9.10. The number of ether oxygens (including phenoxy) is 1. The molecule has 1 unspecified atom stereocenters. The van der Waals surface area contributed by atoms with E-state index in [1.165, 1.54) is 37.3 Å². The van der Waals surface area contributed by atoms with Crippen LogP contribution in [0.25, 0.3) is 0 Å². The molecule has 0 spiro atoms. The molecule has 2 amide bonds. The Hall–Kier alpha value is -2.48. The van der Waals surface area contributed by atoms with E-state index in [0.717, 1.165) is 6.07 Å². The molecule has 1 atom stereocenters. The lowest BCUT2D eigenvalue weighted by atomic mass is 10.2. The molecule has 5 nitrogen and oxygen atoms in total. The molecule has 0 aliphatic heterocycles. The van der Waals surface area contributed by atoms with E-state index in [4.69, 9.17) is 4.74 Å². The maximum Gasteiger partial charge on any atom is 0.279 e. The van der Waals surface area contributed by atoms with Gasteiger partial charge in [0.25, 0.3) is 11.8 Å². The number of benzene rings is 2. The summed E-state index contributed by atoms with van der Waals surface area (Å²) in [6.45, 7) is 1.38. The second-order valence-electron chi connectivity index (χ2n) is 4.76. The van der Waals surface area contributed by atoms with E-state index in [0.29, 0.717) is 4.47 Å². The summed E-state index contributed by atoms with van der Waals surface area (Å²) in [5.74, 6) is -3.00. The second kappa shape index (κ2) is 7.87. The zero-order valence-corrected chi connectivity index (χ0v) is 14.1. The van der Waals surface area contributed by atoms with E-state index < -0.39 is 29.6 Å². The molecule has 2 aromatic rings. The predicted molar refractivity (Wildman–Crippen MR) is 86.2 cm³/mol. The van der Waals surface area contributed by atoms with Crippen LogP contribution in [-0.2, 0) is 4.79 Å². The van der Waals surface area contributed by atoms with Crippen molar-refractivity contribution in [3.63, 3.8) is 0 Å². The van der Waals surface area contributed by atoms with Crippen molar-refractivity contribution in [1.29, 1.82) is 0 Å². The molecule has 0 aliphatic rings. The summed E-state index contributed by atoms with van der Waals surface area (Å²) in [7, 11) is 0. The maximum atomic E-state index is 13.6. The molecule has 0 heterocycles. The maximum absolute atomic E-state index is 13.6. The Morgan fingerprint density at radius 3 is 2.50 bits per heavy atom. The Labute approximate surface area is 145 Å². The number of carbonyl (C=O) groups is 2. The van der Waals surface area contributed by atoms with Gasteiger partial charge in [-0.1, -0.05) is 28.1 Å². The van der Waals surface area contributed by atoms with Gasteiger partial charge in [-0.3, -0.25) is 20.4 Å². The fourth-order valence-electron chi connectivity index (χ4n) is 1.74. The highest BCUT2D eigenvalue weighted by atomic mass is 79.9. The minimum atomic E-state index is -1.07. The normalized spacial score (nSPS) is 11.5. The average Bonchev–Trinajstić information content (AvgIpc) is 2.56. The number of carbonyl (C=O) groups excluding carboxylic acids is 2. The van der Waals surface area contributed by atoms with Gasteiger partial charge >= 0.3 is 0 Å². The van der Waals surface area contributed by atoms with Crippen molar-refractivity contribution >= 4 is 27.7 Å². The van der Waals surface area contributed by atoms with Gasteiger partial charge in [-0.05, 0) is 37.3 Å². The smallest absolute Gasteiger partial charge is 0.279 e. The summed E-state index contributed by atoms with van der Waals surface area (Å²) >= 11 is 3.12. The zero-order chi connectivity index (χ0) is 17.7. The first-order chi connectivity index (χ1) is 11.4. The van der Waals surface area contributed by atoms with Crippen molar-refractivity contribution in [2.75, 3.05) is 0 Å². The van der Waals surface area contributed by atoms with E-state index in [1.807, 2.05) is 0 Å². The Morgan fingerprint density at radius 2 is 1.79 bits per heavy atom. The topological polar surface area (TPSA) is 67.4 Å². The van der Waals surface area contributed by atoms with E-state index >= 15 is 0 Å². The number of hydrogen-bond acceptors (Lipinski definition) is 3. The molecule has 126 valence electrons. The summed E-state index contributed by atoms with van der Waals surface area (Å²) in [6, 6.07) is 9.43. The quantitative estimate of drug-likeness (QED) is 0.778.